The van der Waals surface area contributed by atoms with Gasteiger partial charge in [-0.25, -0.2) is 8.42 Å². The van der Waals surface area contributed by atoms with Crippen LogP contribution in [0.5, 0.6) is 0 Å². The van der Waals surface area contributed by atoms with Gasteiger partial charge in [0.05, 0.1) is 15.1 Å². The first-order valence-corrected chi connectivity index (χ1v) is 8.07. The van der Waals surface area contributed by atoms with E-state index < -0.39 is 28.0 Å². The Labute approximate surface area is 131 Å². The molecule has 20 heavy (non-hydrogen) atoms. The second-order valence-corrected chi connectivity index (χ2v) is 7.28. The summed E-state index contributed by atoms with van der Waals surface area (Å²) in [6, 6.07) is 0.990. The average molecular weight is 361 g/mol. The molecule has 1 atom stereocenters. The van der Waals surface area contributed by atoms with E-state index in [0.717, 1.165) is 6.07 Å². The lowest BCUT2D eigenvalue weighted by atomic mass is 10.1. The number of hydrogen-bond acceptors (Lipinski definition) is 3. The van der Waals surface area contributed by atoms with Gasteiger partial charge in [0.15, 0.2) is 0 Å². The molecule has 0 radical (unpaired) electrons. The summed E-state index contributed by atoms with van der Waals surface area (Å²) >= 11 is 17.3. The van der Waals surface area contributed by atoms with Gasteiger partial charge in [-0.15, -0.1) is 0 Å². The van der Waals surface area contributed by atoms with E-state index in [1.165, 1.54) is 6.07 Å². The van der Waals surface area contributed by atoms with Crippen LogP contribution in [0.1, 0.15) is 13.8 Å². The molecule has 0 unspecified atom stereocenters. The lowest BCUT2D eigenvalue weighted by Gasteiger charge is -2.18. The molecule has 0 spiro atoms. The van der Waals surface area contributed by atoms with Crippen LogP contribution in [0, 0.1) is 5.92 Å². The summed E-state index contributed by atoms with van der Waals surface area (Å²) in [4.78, 5) is 10.7. The van der Waals surface area contributed by atoms with Gasteiger partial charge < -0.3 is 5.11 Å². The van der Waals surface area contributed by atoms with E-state index in [1.54, 1.807) is 13.8 Å². The quantitative estimate of drug-likeness (QED) is 0.791. The van der Waals surface area contributed by atoms with Gasteiger partial charge in [-0.3, -0.25) is 4.79 Å². The maximum absolute atomic E-state index is 12.2. The molecule has 5 nitrogen and oxygen atoms in total. The van der Waals surface area contributed by atoms with Crippen molar-refractivity contribution in [2.75, 3.05) is 0 Å². The molecular weight excluding hydrogens is 349 g/mol. The molecule has 0 saturated heterocycles. The number of carboxylic acid groups (broad SMARTS) is 1. The van der Waals surface area contributed by atoms with Crippen molar-refractivity contribution in [1.82, 2.24) is 4.72 Å². The first-order valence-electron chi connectivity index (χ1n) is 5.46. The molecule has 1 aromatic rings. The minimum Gasteiger partial charge on any atom is -0.480 e. The maximum Gasteiger partial charge on any atom is 0.322 e. The molecule has 0 aliphatic heterocycles. The van der Waals surface area contributed by atoms with E-state index in [1.807, 2.05) is 0 Å². The van der Waals surface area contributed by atoms with Crippen molar-refractivity contribution in [2.45, 2.75) is 24.8 Å². The van der Waals surface area contributed by atoms with Gasteiger partial charge >= 0.3 is 5.97 Å². The highest BCUT2D eigenvalue weighted by Gasteiger charge is 2.29. The molecule has 0 aliphatic carbocycles. The molecule has 9 heteroatoms. The zero-order valence-corrected chi connectivity index (χ0v) is 13.6. The Morgan fingerprint density at radius 1 is 1.15 bits per heavy atom. The van der Waals surface area contributed by atoms with Crippen LogP contribution in [0.3, 0.4) is 0 Å². The Balaban J connectivity index is 3.24. The summed E-state index contributed by atoms with van der Waals surface area (Å²) in [5.41, 5.74) is 0. The van der Waals surface area contributed by atoms with Crippen LogP contribution in [0.25, 0.3) is 0 Å². The average Bonchev–Trinajstić information content (AvgIpc) is 2.30. The molecule has 1 aromatic carbocycles. The fourth-order valence-electron chi connectivity index (χ4n) is 1.41. The SMILES string of the molecule is CC(C)[C@H](NS(=O)(=O)c1cc(Cl)c(Cl)cc1Cl)C(=O)O. The largest absolute Gasteiger partial charge is 0.480 e. The molecule has 0 fully saturated rings. The number of nitrogens with one attached hydrogen (secondary N) is 1. The summed E-state index contributed by atoms with van der Waals surface area (Å²) in [5, 5.41) is 8.99. The van der Waals surface area contributed by atoms with Crippen molar-refractivity contribution in [3.05, 3.63) is 27.2 Å². The van der Waals surface area contributed by atoms with Gasteiger partial charge in [-0.1, -0.05) is 48.7 Å². The Kier molecular flexibility index (Phi) is 5.69. The number of carboxylic acids is 1. The van der Waals surface area contributed by atoms with Gasteiger partial charge in [0.2, 0.25) is 10.0 Å². The molecule has 0 saturated carbocycles. The monoisotopic (exact) mass is 359 g/mol. The smallest absolute Gasteiger partial charge is 0.322 e. The zero-order chi connectivity index (χ0) is 15.7. The van der Waals surface area contributed by atoms with Gasteiger partial charge in [0.25, 0.3) is 0 Å². The lowest BCUT2D eigenvalue weighted by Crippen LogP contribution is -2.44. The van der Waals surface area contributed by atoms with Crippen LogP contribution in [0.4, 0.5) is 0 Å². The van der Waals surface area contributed by atoms with Crippen molar-refractivity contribution in [3.63, 3.8) is 0 Å². The number of rotatable bonds is 5. The highest BCUT2D eigenvalue weighted by atomic mass is 35.5. The normalized spacial score (nSPS) is 13.5. The molecule has 2 N–H and O–H groups in total. The van der Waals surface area contributed by atoms with Crippen LogP contribution in [0.2, 0.25) is 15.1 Å². The summed E-state index contributed by atoms with van der Waals surface area (Å²) in [6.07, 6.45) is 0. The minimum absolute atomic E-state index is 0.00728. The third-order valence-electron chi connectivity index (χ3n) is 2.48. The highest BCUT2D eigenvalue weighted by Crippen LogP contribution is 2.31. The Morgan fingerprint density at radius 2 is 1.65 bits per heavy atom. The van der Waals surface area contributed by atoms with Gasteiger partial charge in [-0.05, 0) is 18.1 Å². The second-order valence-electron chi connectivity index (χ2n) is 4.38. The fourth-order valence-corrected chi connectivity index (χ4v) is 3.75. The molecule has 0 heterocycles. The molecular formula is C11H12Cl3NO4S. The fraction of sp³-hybridized carbons (Fsp3) is 0.364. The highest BCUT2D eigenvalue weighted by molar-refractivity contribution is 7.89. The molecule has 0 aromatic heterocycles. The maximum atomic E-state index is 12.2. The van der Waals surface area contributed by atoms with Gasteiger partial charge in [0.1, 0.15) is 10.9 Å². The molecule has 0 amide bonds. The first-order chi connectivity index (χ1) is 9.06. The Morgan fingerprint density at radius 3 is 2.10 bits per heavy atom. The molecule has 112 valence electrons. The van der Waals surface area contributed by atoms with E-state index in [2.05, 4.69) is 4.72 Å². The standard InChI is InChI=1S/C11H12Cl3NO4S/c1-5(2)10(11(16)17)15-20(18,19)9-4-7(13)6(12)3-8(9)14/h3-5,10,15H,1-2H3,(H,16,17)/t10-/m0/s1. The molecule has 1 rings (SSSR count). The van der Waals surface area contributed by atoms with E-state index >= 15 is 0 Å². The van der Waals surface area contributed by atoms with E-state index in [-0.39, 0.29) is 20.0 Å². The van der Waals surface area contributed by atoms with Crippen LogP contribution >= 0.6 is 34.8 Å². The Hall–Kier alpha value is -0.530. The van der Waals surface area contributed by atoms with E-state index in [4.69, 9.17) is 39.9 Å². The number of halogens is 3. The van der Waals surface area contributed by atoms with Crippen LogP contribution < -0.4 is 4.72 Å². The number of aliphatic carboxylic acids is 1. The van der Waals surface area contributed by atoms with E-state index in [0.29, 0.717) is 0 Å². The third-order valence-corrected chi connectivity index (χ3v) is 5.11. The second kappa shape index (κ2) is 6.49. The predicted octanol–water partition coefficient (Wildman–Crippen LogP) is 3.03. The van der Waals surface area contributed by atoms with Crippen molar-refractivity contribution in [2.24, 2.45) is 5.92 Å². The number of benzene rings is 1. The van der Waals surface area contributed by atoms with Crippen molar-refractivity contribution in [3.8, 4) is 0 Å². The summed E-state index contributed by atoms with van der Waals surface area (Å²) in [6.45, 7) is 3.16. The number of sulfonamides is 1. The van der Waals surface area contributed by atoms with Crippen LogP contribution in [-0.4, -0.2) is 25.5 Å². The molecule has 0 bridgehead atoms. The topological polar surface area (TPSA) is 83.5 Å². The number of hydrogen-bond donors (Lipinski definition) is 2. The summed E-state index contributed by atoms with van der Waals surface area (Å²) in [5.74, 6) is -1.72. The van der Waals surface area contributed by atoms with Crippen molar-refractivity contribution < 1.29 is 18.3 Å². The van der Waals surface area contributed by atoms with Crippen molar-refractivity contribution >= 4 is 50.8 Å². The minimum atomic E-state index is -4.13. The predicted molar refractivity (Wildman–Crippen MR) is 78.1 cm³/mol. The molecule has 0 aliphatic rings. The van der Waals surface area contributed by atoms with Crippen molar-refractivity contribution in [1.29, 1.82) is 0 Å². The lowest BCUT2D eigenvalue weighted by molar-refractivity contribution is -0.140. The first kappa shape index (κ1) is 17.5. The summed E-state index contributed by atoms with van der Waals surface area (Å²) < 4.78 is 26.4. The summed E-state index contributed by atoms with van der Waals surface area (Å²) in [7, 11) is -4.13. The number of carbonyl (C=O) groups is 1. The van der Waals surface area contributed by atoms with Crippen LogP contribution in [0.15, 0.2) is 17.0 Å². The van der Waals surface area contributed by atoms with Gasteiger partial charge in [0, 0.05) is 0 Å². The van der Waals surface area contributed by atoms with Crippen LogP contribution in [-0.2, 0) is 14.8 Å². The third kappa shape index (κ3) is 3.99. The van der Waals surface area contributed by atoms with E-state index in [9.17, 15) is 13.2 Å². The zero-order valence-electron chi connectivity index (χ0n) is 10.5. The Bertz CT molecular complexity index is 631. The van der Waals surface area contributed by atoms with Gasteiger partial charge in [-0.2, -0.15) is 4.72 Å².